The van der Waals surface area contributed by atoms with Crippen LogP contribution in [0.1, 0.15) is 44.1 Å². The SMILES string of the molecule is CCOc1ccc([C@H]2C3=C(C[C@@H](C)CC3=O)Nc3nc(C(F)(F)F)nn32)cc1. The van der Waals surface area contributed by atoms with Gasteiger partial charge in [0.1, 0.15) is 11.8 Å². The first-order chi connectivity index (χ1) is 13.3. The largest absolute Gasteiger partial charge is 0.494 e. The summed E-state index contributed by atoms with van der Waals surface area (Å²) in [5.74, 6) is -0.572. The molecule has 2 atom stereocenters. The van der Waals surface area contributed by atoms with Gasteiger partial charge in [-0.25, -0.2) is 4.68 Å². The number of ether oxygens (including phenoxy) is 1. The van der Waals surface area contributed by atoms with E-state index in [4.69, 9.17) is 4.74 Å². The zero-order valence-electron chi connectivity index (χ0n) is 15.4. The Morgan fingerprint density at radius 1 is 1.25 bits per heavy atom. The zero-order chi connectivity index (χ0) is 20.1. The summed E-state index contributed by atoms with van der Waals surface area (Å²) in [4.78, 5) is 16.4. The highest BCUT2D eigenvalue weighted by Crippen LogP contribution is 2.42. The van der Waals surface area contributed by atoms with Crippen LogP contribution in [0.15, 0.2) is 35.5 Å². The van der Waals surface area contributed by atoms with Gasteiger partial charge in [-0.15, -0.1) is 5.10 Å². The van der Waals surface area contributed by atoms with Crippen LogP contribution in [0.4, 0.5) is 19.1 Å². The average molecular weight is 392 g/mol. The molecule has 0 radical (unpaired) electrons. The molecule has 0 saturated carbocycles. The Kier molecular flexibility index (Phi) is 4.40. The Hall–Kier alpha value is -2.84. The molecule has 0 unspecified atom stereocenters. The molecule has 0 fully saturated rings. The lowest BCUT2D eigenvalue weighted by atomic mass is 9.81. The van der Waals surface area contributed by atoms with Crippen molar-refractivity contribution in [3.8, 4) is 5.75 Å². The molecule has 1 aliphatic carbocycles. The normalized spacial score (nSPS) is 21.8. The van der Waals surface area contributed by atoms with Gasteiger partial charge in [-0.2, -0.15) is 18.2 Å². The lowest BCUT2D eigenvalue weighted by molar-refractivity contribution is -0.145. The molecule has 2 aromatic rings. The molecule has 1 aromatic carbocycles. The number of carbonyl (C=O) groups excluding carboxylic acids is 1. The Morgan fingerprint density at radius 2 is 1.96 bits per heavy atom. The minimum absolute atomic E-state index is 0.00754. The quantitative estimate of drug-likeness (QED) is 0.856. The van der Waals surface area contributed by atoms with Crippen molar-refractivity contribution in [2.45, 2.75) is 38.9 Å². The molecule has 4 rings (SSSR count). The Balaban J connectivity index is 1.84. The van der Waals surface area contributed by atoms with Gasteiger partial charge in [0.15, 0.2) is 5.78 Å². The number of allylic oxidation sites excluding steroid dienone is 2. The third-order valence-electron chi connectivity index (χ3n) is 4.88. The third-order valence-corrected chi connectivity index (χ3v) is 4.88. The van der Waals surface area contributed by atoms with E-state index in [0.29, 0.717) is 42.0 Å². The van der Waals surface area contributed by atoms with Gasteiger partial charge in [0.25, 0.3) is 5.82 Å². The molecule has 1 aliphatic heterocycles. The smallest absolute Gasteiger partial charge is 0.453 e. The molecular weight excluding hydrogens is 373 g/mol. The maximum absolute atomic E-state index is 13.2. The predicted octanol–water partition coefficient (Wildman–Crippen LogP) is 3.96. The first-order valence-electron chi connectivity index (χ1n) is 9.07. The average Bonchev–Trinajstić information content (AvgIpc) is 3.05. The summed E-state index contributed by atoms with van der Waals surface area (Å²) in [6, 6.07) is 6.20. The summed E-state index contributed by atoms with van der Waals surface area (Å²) in [5, 5.41) is 6.59. The molecule has 1 N–H and O–H groups in total. The minimum atomic E-state index is -4.67. The van der Waals surface area contributed by atoms with Gasteiger partial charge in [0.2, 0.25) is 5.95 Å². The van der Waals surface area contributed by atoms with Crippen LogP contribution in [-0.4, -0.2) is 27.2 Å². The van der Waals surface area contributed by atoms with Crippen LogP contribution in [0.5, 0.6) is 5.75 Å². The molecule has 1 aromatic heterocycles. The van der Waals surface area contributed by atoms with E-state index in [9.17, 15) is 18.0 Å². The number of fused-ring (bicyclic) bond motifs is 1. The predicted molar refractivity (Wildman–Crippen MR) is 94.8 cm³/mol. The van der Waals surface area contributed by atoms with Crippen molar-refractivity contribution >= 4 is 11.7 Å². The molecule has 28 heavy (non-hydrogen) atoms. The monoisotopic (exact) mass is 392 g/mol. The van der Waals surface area contributed by atoms with Gasteiger partial charge in [-0.05, 0) is 37.0 Å². The topological polar surface area (TPSA) is 69.0 Å². The maximum atomic E-state index is 13.2. The number of anilines is 1. The van der Waals surface area contributed by atoms with Crippen LogP contribution in [0.25, 0.3) is 0 Å². The molecule has 0 saturated heterocycles. The second-order valence-electron chi connectivity index (χ2n) is 7.06. The van der Waals surface area contributed by atoms with E-state index in [0.717, 1.165) is 4.68 Å². The van der Waals surface area contributed by atoms with Gasteiger partial charge in [-0.3, -0.25) is 4.79 Å². The highest BCUT2D eigenvalue weighted by molar-refractivity contribution is 5.99. The van der Waals surface area contributed by atoms with E-state index in [1.165, 1.54) is 0 Å². The van der Waals surface area contributed by atoms with E-state index in [-0.39, 0.29) is 17.6 Å². The highest BCUT2D eigenvalue weighted by atomic mass is 19.4. The van der Waals surface area contributed by atoms with E-state index < -0.39 is 18.0 Å². The van der Waals surface area contributed by atoms with Crippen molar-refractivity contribution in [1.29, 1.82) is 0 Å². The first-order valence-corrected chi connectivity index (χ1v) is 9.07. The van der Waals surface area contributed by atoms with E-state index in [1.807, 2.05) is 13.8 Å². The van der Waals surface area contributed by atoms with Crippen LogP contribution in [0, 0.1) is 5.92 Å². The maximum Gasteiger partial charge on any atom is 0.453 e. The molecule has 2 aliphatic rings. The van der Waals surface area contributed by atoms with Gasteiger partial charge in [-0.1, -0.05) is 19.1 Å². The fraction of sp³-hybridized carbons (Fsp3) is 0.421. The van der Waals surface area contributed by atoms with Gasteiger partial charge >= 0.3 is 6.18 Å². The van der Waals surface area contributed by atoms with E-state index >= 15 is 0 Å². The highest BCUT2D eigenvalue weighted by Gasteiger charge is 2.42. The lowest BCUT2D eigenvalue weighted by Crippen LogP contribution is -2.33. The molecule has 9 heteroatoms. The standard InChI is InChI=1S/C19H19F3N4O2/c1-3-28-12-6-4-11(5-7-12)16-15-13(8-10(2)9-14(15)27)23-18-24-17(19(20,21)22)25-26(16)18/h4-7,10,16H,3,8-9H2,1-2H3,(H,23,24,25)/t10-,16+/m1/s1. The summed E-state index contributed by atoms with van der Waals surface area (Å²) in [6.07, 6.45) is -3.75. The number of carbonyl (C=O) groups is 1. The van der Waals surface area contributed by atoms with Crippen molar-refractivity contribution in [3.05, 3.63) is 46.9 Å². The second kappa shape index (κ2) is 6.65. The van der Waals surface area contributed by atoms with Crippen LogP contribution in [0.3, 0.4) is 0 Å². The van der Waals surface area contributed by atoms with Crippen molar-refractivity contribution in [1.82, 2.24) is 14.8 Å². The first kappa shape index (κ1) is 18.5. The number of Topliss-reactive ketones (excluding diaryl/α,β-unsaturated/α-hetero) is 1. The Bertz CT molecular complexity index is 947. The van der Waals surface area contributed by atoms with Crippen molar-refractivity contribution < 1.29 is 22.7 Å². The number of ketones is 1. The number of hydrogen-bond acceptors (Lipinski definition) is 5. The minimum Gasteiger partial charge on any atom is -0.494 e. The Morgan fingerprint density at radius 3 is 2.61 bits per heavy atom. The van der Waals surface area contributed by atoms with Crippen LogP contribution in [0.2, 0.25) is 0 Å². The van der Waals surface area contributed by atoms with Crippen LogP contribution >= 0.6 is 0 Å². The van der Waals surface area contributed by atoms with Crippen LogP contribution in [-0.2, 0) is 11.0 Å². The van der Waals surface area contributed by atoms with Gasteiger partial charge < -0.3 is 10.1 Å². The second-order valence-corrected chi connectivity index (χ2v) is 7.06. The summed E-state index contributed by atoms with van der Waals surface area (Å²) >= 11 is 0. The number of aromatic nitrogens is 3. The number of halogens is 3. The number of nitrogens with zero attached hydrogens (tertiary/aromatic N) is 3. The molecule has 2 heterocycles. The fourth-order valence-corrected chi connectivity index (χ4v) is 3.75. The van der Waals surface area contributed by atoms with E-state index in [2.05, 4.69) is 15.4 Å². The number of benzene rings is 1. The fourth-order valence-electron chi connectivity index (χ4n) is 3.75. The molecule has 0 bridgehead atoms. The lowest BCUT2D eigenvalue weighted by Gasteiger charge is -2.34. The Labute approximate surface area is 159 Å². The van der Waals surface area contributed by atoms with Crippen LogP contribution < -0.4 is 10.1 Å². The van der Waals surface area contributed by atoms with E-state index in [1.54, 1.807) is 24.3 Å². The van der Waals surface area contributed by atoms with Crippen molar-refractivity contribution in [3.63, 3.8) is 0 Å². The molecule has 0 spiro atoms. The molecule has 0 amide bonds. The zero-order valence-corrected chi connectivity index (χ0v) is 15.4. The number of hydrogen-bond donors (Lipinski definition) is 1. The molecule has 6 nitrogen and oxygen atoms in total. The number of nitrogens with one attached hydrogen (secondary N) is 1. The summed E-state index contributed by atoms with van der Waals surface area (Å²) in [7, 11) is 0. The molecular formula is C19H19F3N4O2. The van der Waals surface area contributed by atoms with Gasteiger partial charge in [0.05, 0.1) is 6.61 Å². The van der Waals surface area contributed by atoms with Gasteiger partial charge in [0, 0.05) is 17.7 Å². The summed E-state index contributed by atoms with van der Waals surface area (Å²) in [6.45, 7) is 4.30. The number of rotatable bonds is 3. The summed E-state index contributed by atoms with van der Waals surface area (Å²) < 4.78 is 46.2. The third kappa shape index (κ3) is 3.14. The van der Waals surface area contributed by atoms with Crippen molar-refractivity contribution in [2.24, 2.45) is 5.92 Å². The molecule has 148 valence electrons. The number of alkyl halides is 3. The van der Waals surface area contributed by atoms with Crippen molar-refractivity contribution in [2.75, 3.05) is 11.9 Å². The summed E-state index contributed by atoms with van der Waals surface area (Å²) in [5.41, 5.74) is 1.73.